The first-order chi connectivity index (χ1) is 9.26. The van der Waals surface area contributed by atoms with Crippen LogP contribution in [-0.2, 0) is 25.7 Å². The first-order valence-electron chi connectivity index (χ1n) is 5.81. The van der Waals surface area contributed by atoms with E-state index in [0.717, 1.165) is 5.56 Å². The molecule has 0 amide bonds. The van der Waals surface area contributed by atoms with Crippen LogP contribution in [0, 0.1) is 0 Å². The molecule has 1 heterocycles. The molecule has 1 aromatic carbocycles. The van der Waals surface area contributed by atoms with Gasteiger partial charge in [0.05, 0.1) is 16.4 Å². The highest BCUT2D eigenvalue weighted by atomic mass is 79.9. The summed E-state index contributed by atoms with van der Waals surface area (Å²) in [4.78, 5) is 0.130. The van der Waals surface area contributed by atoms with Crippen molar-refractivity contribution < 1.29 is 16.8 Å². The molecule has 1 aliphatic heterocycles. The van der Waals surface area contributed by atoms with Gasteiger partial charge in [-0.3, -0.25) is 0 Å². The molecule has 0 saturated carbocycles. The van der Waals surface area contributed by atoms with Gasteiger partial charge in [0.2, 0.25) is 10.0 Å². The summed E-state index contributed by atoms with van der Waals surface area (Å²) in [6.07, 6.45) is 0. The van der Waals surface area contributed by atoms with Gasteiger partial charge in [-0.15, -0.1) is 11.6 Å². The van der Waals surface area contributed by atoms with E-state index in [4.69, 9.17) is 11.6 Å². The summed E-state index contributed by atoms with van der Waals surface area (Å²) >= 11 is 8.93. The summed E-state index contributed by atoms with van der Waals surface area (Å²) in [7, 11) is -6.80. The van der Waals surface area contributed by atoms with Gasteiger partial charge in [-0.05, 0) is 33.6 Å². The monoisotopic (exact) mass is 401 g/mol. The molecular weight excluding hydrogens is 390 g/mol. The van der Waals surface area contributed by atoms with Crippen LogP contribution < -0.4 is 0 Å². The van der Waals surface area contributed by atoms with E-state index < -0.39 is 19.9 Å². The number of sulfone groups is 1. The van der Waals surface area contributed by atoms with E-state index in [-0.39, 0.29) is 29.5 Å². The third-order valence-corrected chi connectivity index (χ3v) is 7.86. The van der Waals surface area contributed by atoms with Gasteiger partial charge in [0.25, 0.3) is 0 Å². The molecule has 1 aliphatic rings. The second-order valence-corrected chi connectivity index (χ2v) is 9.79. The fourth-order valence-electron chi connectivity index (χ4n) is 1.91. The normalized spacial score (nSPS) is 19.9. The summed E-state index contributed by atoms with van der Waals surface area (Å²) < 4.78 is 49.3. The molecule has 112 valence electrons. The Kier molecular flexibility index (Phi) is 4.80. The molecule has 0 unspecified atom stereocenters. The first kappa shape index (κ1) is 16.2. The lowest BCUT2D eigenvalue weighted by Gasteiger charge is -2.26. The lowest BCUT2D eigenvalue weighted by atomic mass is 10.2. The van der Waals surface area contributed by atoms with Gasteiger partial charge >= 0.3 is 0 Å². The van der Waals surface area contributed by atoms with E-state index >= 15 is 0 Å². The molecule has 0 atom stereocenters. The zero-order chi connectivity index (χ0) is 15.0. The van der Waals surface area contributed by atoms with Crippen LogP contribution >= 0.6 is 27.5 Å². The molecule has 1 saturated heterocycles. The molecule has 0 N–H and O–H groups in total. The van der Waals surface area contributed by atoms with Crippen LogP contribution in [0.15, 0.2) is 27.6 Å². The van der Waals surface area contributed by atoms with Gasteiger partial charge in [-0.25, -0.2) is 16.8 Å². The molecule has 0 aliphatic carbocycles. The van der Waals surface area contributed by atoms with Crippen LogP contribution in [0.5, 0.6) is 0 Å². The number of benzene rings is 1. The number of sulfonamides is 1. The van der Waals surface area contributed by atoms with Crippen molar-refractivity contribution >= 4 is 47.4 Å². The molecule has 20 heavy (non-hydrogen) atoms. The van der Waals surface area contributed by atoms with Crippen LogP contribution in [0.1, 0.15) is 5.56 Å². The smallest absolute Gasteiger partial charge is 0.229 e. The SMILES string of the molecule is O=S1(=O)CCN(S(=O)(=O)c2ccc(CCl)cc2Br)CC1. The number of nitrogens with zero attached hydrogens (tertiary/aromatic N) is 1. The molecular formula is C11H13BrClNO4S2. The van der Waals surface area contributed by atoms with Crippen molar-refractivity contribution in [2.24, 2.45) is 0 Å². The molecule has 0 radical (unpaired) electrons. The number of hydrogen-bond donors (Lipinski definition) is 0. The van der Waals surface area contributed by atoms with E-state index in [9.17, 15) is 16.8 Å². The van der Waals surface area contributed by atoms with Gasteiger partial charge in [0, 0.05) is 23.4 Å². The van der Waals surface area contributed by atoms with Crippen molar-refractivity contribution in [1.82, 2.24) is 4.31 Å². The highest BCUT2D eigenvalue weighted by molar-refractivity contribution is 9.10. The van der Waals surface area contributed by atoms with E-state index in [0.29, 0.717) is 10.4 Å². The van der Waals surface area contributed by atoms with E-state index in [2.05, 4.69) is 15.9 Å². The van der Waals surface area contributed by atoms with E-state index in [1.54, 1.807) is 12.1 Å². The standard InChI is InChI=1S/C11H13BrClNO4S2/c12-10-7-9(8-13)1-2-11(10)20(17,18)14-3-5-19(15,16)6-4-14/h1-2,7H,3-6,8H2. The largest absolute Gasteiger partial charge is 0.244 e. The van der Waals surface area contributed by atoms with Crippen molar-refractivity contribution in [3.05, 3.63) is 28.2 Å². The predicted octanol–water partition coefficient (Wildman–Crippen LogP) is 1.61. The first-order valence-corrected chi connectivity index (χ1v) is 10.4. The topological polar surface area (TPSA) is 71.5 Å². The predicted molar refractivity (Wildman–Crippen MR) is 81.1 cm³/mol. The molecule has 0 spiro atoms. The summed E-state index contributed by atoms with van der Waals surface area (Å²) in [6.45, 7) is -0.0112. The summed E-state index contributed by atoms with van der Waals surface area (Å²) in [5.74, 6) is 0.0219. The molecule has 5 nitrogen and oxygen atoms in total. The Morgan fingerprint density at radius 2 is 1.85 bits per heavy atom. The van der Waals surface area contributed by atoms with Gasteiger partial charge in [-0.1, -0.05) is 6.07 Å². The molecule has 9 heteroatoms. The Morgan fingerprint density at radius 3 is 2.35 bits per heavy atom. The molecule has 1 aromatic rings. The van der Waals surface area contributed by atoms with Gasteiger partial charge < -0.3 is 0 Å². The van der Waals surface area contributed by atoms with Crippen molar-refractivity contribution in [3.8, 4) is 0 Å². The zero-order valence-electron chi connectivity index (χ0n) is 10.4. The van der Waals surface area contributed by atoms with Crippen LogP contribution in [0.3, 0.4) is 0 Å². The average Bonchev–Trinajstić information content (AvgIpc) is 2.37. The summed E-state index contributed by atoms with van der Waals surface area (Å²) in [5.41, 5.74) is 0.804. The molecule has 0 bridgehead atoms. The van der Waals surface area contributed by atoms with Gasteiger partial charge in [0.15, 0.2) is 9.84 Å². The minimum atomic E-state index is -3.69. The minimum Gasteiger partial charge on any atom is -0.229 e. The number of alkyl halides is 1. The Bertz CT molecular complexity index is 704. The maximum absolute atomic E-state index is 12.5. The number of hydrogen-bond acceptors (Lipinski definition) is 4. The number of halogens is 2. The van der Waals surface area contributed by atoms with Crippen molar-refractivity contribution in [2.45, 2.75) is 10.8 Å². The third kappa shape index (κ3) is 3.36. The summed E-state index contributed by atoms with van der Waals surface area (Å²) in [5, 5.41) is 0. The maximum Gasteiger partial charge on any atom is 0.244 e. The lowest BCUT2D eigenvalue weighted by Crippen LogP contribution is -2.43. The minimum absolute atomic E-state index is 0.00559. The Morgan fingerprint density at radius 1 is 1.25 bits per heavy atom. The quantitative estimate of drug-likeness (QED) is 0.720. The van der Waals surface area contributed by atoms with Crippen molar-refractivity contribution in [2.75, 3.05) is 24.6 Å². The lowest BCUT2D eigenvalue weighted by molar-refractivity contribution is 0.430. The fourth-order valence-corrected chi connectivity index (χ4v) is 6.04. The number of rotatable bonds is 3. The Labute approximate surface area is 132 Å². The van der Waals surface area contributed by atoms with Crippen LogP contribution in [0.4, 0.5) is 0 Å². The third-order valence-electron chi connectivity index (χ3n) is 3.07. The Balaban J connectivity index is 2.32. The average molecular weight is 403 g/mol. The molecule has 2 rings (SSSR count). The van der Waals surface area contributed by atoms with Crippen molar-refractivity contribution in [3.63, 3.8) is 0 Å². The second-order valence-electron chi connectivity index (χ2n) is 4.45. The maximum atomic E-state index is 12.5. The zero-order valence-corrected chi connectivity index (χ0v) is 14.4. The van der Waals surface area contributed by atoms with Gasteiger partial charge in [-0.2, -0.15) is 4.31 Å². The fraction of sp³-hybridized carbons (Fsp3) is 0.455. The van der Waals surface area contributed by atoms with E-state index in [1.807, 2.05) is 0 Å². The Hall–Kier alpha value is -0.150. The van der Waals surface area contributed by atoms with Crippen LogP contribution in [-0.4, -0.2) is 45.7 Å². The molecule has 0 aromatic heterocycles. The molecule has 1 fully saturated rings. The summed E-state index contributed by atoms with van der Waals surface area (Å²) in [6, 6.07) is 4.78. The van der Waals surface area contributed by atoms with Gasteiger partial charge in [0.1, 0.15) is 0 Å². The second kappa shape index (κ2) is 5.92. The van der Waals surface area contributed by atoms with Crippen LogP contribution in [0.25, 0.3) is 0 Å². The highest BCUT2D eigenvalue weighted by Gasteiger charge is 2.32. The van der Waals surface area contributed by atoms with Crippen LogP contribution in [0.2, 0.25) is 0 Å². The van der Waals surface area contributed by atoms with E-state index in [1.165, 1.54) is 10.4 Å². The van der Waals surface area contributed by atoms with Crippen molar-refractivity contribution in [1.29, 1.82) is 0 Å². The highest BCUT2D eigenvalue weighted by Crippen LogP contribution is 2.27.